The third kappa shape index (κ3) is 1.13. The van der Waals surface area contributed by atoms with E-state index >= 15 is 0 Å². The number of hydrogen-bond donors (Lipinski definition) is 1. The highest BCUT2D eigenvalue weighted by molar-refractivity contribution is 5.74. The summed E-state index contributed by atoms with van der Waals surface area (Å²) in [6.07, 6.45) is 0.186. The van der Waals surface area contributed by atoms with Gasteiger partial charge in [0.25, 0.3) is 0 Å². The summed E-state index contributed by atoms with van der Waals surface area (Å²) in [6.45, 7) is 3.76. The first kappa shape index (κ1) is 8.53. The smallest absolute Gasteiger partial charge is 0.309 e. The zero-order valence-corrected chi connectivity index (χ0v) is 7.13. The molecule has 1 saturated carbocycles. The molecule has 0 radical (unpaired) electrons. The molecule has 0 unspecified atom stereocenters. The number of carbonyl (C=O) groups is 1. The van der Waals surface area contributed by atoms with E-state index in [4.69, 9.17) is 0 Å². The van der Waals surface area contributed by atoms with Gasteiger partial charge in [0.1, 0.15) is 0 Å². The summed E-state index contributed by atoms with van der Waals surface area (Å²) < 4.78 is 4.59. The van der Waals surface area contributed by atoms with Gasteiger partial charge in [-0.1, -0.05) is 13.8 Å². The molecule has 0 aromatic heterocycles. The maximum Gasteiger partial charge on any atom is 0.309 e. The van der Waals surface area contributed by atoms with Gasteiger partial charge in [-0.3, -0.25) is 4.79 Å². The molecule has 64 valence electrons. The lowest BCUT2D eigenvalue weighted by Crippen LogP contribution is -2.52. The van der Waals surface area contributed by atoms with Crippen LogP contribution in [0, 0.1) is 11.3 Å². The molecule has 1 rings (SSSR count). The van der Waals surface area contributed by atoms with E-state index in [0.29, 0.717) is 6.42 Å². The van der Waals surface area contributed by atoms with Crippen molar-refractivity contribution in [1.82, 2.24) is 0 Å². The minimum absolute atomic E-state index is 0.123. The van der Waals surface area contributed by atoms with Crippen LogP contribution < -0.4 is 0 Å². The Morgan fingerprint density at radius 2 is 2.18 bits per heavy atom. The number of rotatable bonds is 1. The SMILES string of the molecule is COC(=O)[C@@H]1C[C@@H](O)C1(C)C. The van der Waals surface area contributed by atoms with E-state index in [1.165, 1.54) is 7.11 Å². The molecule has 0 amide bonds. The van der Waals surface area contributed by atoms with E-state index in [1.807, 2.05) is 13.8 Å². The van der Waals surface area contributed by atoms with Crippen molar-refractivity contribution in [2.24, 2.45) is 11.3 Å². The molecule has 0 aromatic carbocycles. The number of aliphatic hydroxyl groups is 1. The van der Waals surface area contributed by atoms with Gasteiger partial charge in [0.15, 0.2) is 0 Å². The Labute approximate surface area is 66.4 Å². The number of esters is 1. The molecule has 0 saturated heterocycles. The largest absolute Gasteiger partial charge is 0.469 e. The molecule has 0 bridgehead atoms. The molecule has 3 nitrogen and oxygen atoms in total. The molecule has 3 heteroatoms. The van der Waals surface area contributed by atoms with Crippen LogP contribution in [0.2, 0.25) is 0 Å². The van der Waals surface area contributed by atoms with Crippen molar-refractivity contribution < 1.29 is 14.6 Å². The van der Waals surface area contributed by atoms with Crippen LogP contribution in [-0.2, 0) is 9.53 Å². The predicted molar refractivity (Wildman–Crippen MR) is 39.9 cm³/mol. The van der Waals surface area contributed by atoms with Gasteiger partial charge in [0.05, 0.1) is 19.1 Å². The third-order valence-electron chi connectivity index (χ3n) is 2.70. The standard InChI is InChI=1S/C8H14O3/c1-8(2)5(4-6(8)9)7(10)11-3/h5-6,9H,4H2,1-3H3/t5-,6+/m0/s1. The van der Waals surface area contributed by atoms with Gasteiger partial charge >= 0.3 is 5.97 Å². The van der Waals surface area contributed by atoms with Gasteiger partial charge < -0.3 is 9.84 Å². The van der Waals surface area contributed by atoms with Crippen LogP contribution >= 0.6 is 0 Å². The van der Waals surface area contributed by atoms with Crippen LogP contribution in [0.15, 0.2) is 0 Å². The summed E-state index contributed by atoms with van der Waals surface area (Å²) in [5, 5.41) is 9.28. The molecule has 0 spiro atoms. The minimum atomic E-state index is -0.355. The summed E-state index contributed by atoms with van der Waals surface area (Å²) in [6, 6.07) is 0. The van der Waals surface area contributed by atoms with Gasteiger partial charge in [0, 0.05) is 5.41 Å². The van der Waals surface area contributed by atoms with E-state index < -0.39 is 0 Å². The van der Waals surface area contributed by atoms with Crippen molar-refractivity contribution in [3.8, 4) is 0 Å². The first-order chi connectivity index (χ1) is 5.00. The average Bonchev–Trinajstić information content (AvgIpc) is 1.98. The van der Waals surface area contributed by atoms with Crippen LogP contribution in [0.4, 0.5) is 0 Å². The Morgan fingerprint density at radius 3 is 2.45 bits per heavy atom. The second kappa shape index (κ2) is 2.48. The van der Waals surface area contributed by atoms with E-state index in [1.54, 1.807) is 0 Å². The fourth-order valence-corrected chi connectivity index (χ4v) is 1.44. The van der Waals surface area contributed by atoms with Crippen LogP contribution in [0.3, 0.4) is 0 Å². The predicted octanol–water partition coefficient (Wildman–Crippen LogP) is 0.566. The average molecular weight is 158 g/mol. The van der Waals surface area contributed by atoms with Crippen molar-refractivity contribution >= 4 is 5.97 Å². The quantitative estimate of drug-likeness (QED) is 0.567. The number of carbonyl (C=O) groups excluding carboxylic acids is 1. The van der Waals surface area contributed by atoms with Crippen molar-refractivity contribution in [1.29, 1.82) is 0 Å². The molecular weight excluding hydrogens is 144 g/mol. The zero-order chi connectivity index (χ0) is 8.65. The van der Waals surface area contributed by atoms with Crippen molar-refractivity contribution in [3.63, 3.8) is 0 Å². The van der Waals surface area contributed by atoms with Crippen LogP contribution in [0.5, 0.6) is 0 Å². The highest BCUT2D eigenvalue weighted by atomic mass is 16.5. The fourth-order valence-electron chi connectivity index (χ4n) is 1.44. The fraction of sp³-hybridized carbons (Fsp3) is 0.875. The van der Waals surface area contributed by atoms with E-state index in [2.05, 4.69) is 4.74 Å². The molecule has 1 aliphatic rings. The number of hydrogen-bond acceptors (Lipinski definition) is 3. The van der Waals surface area contributed by atoms with E-state index in [-0.39, 0.29) is 23.4 Å². The third-order valence-corrected chi connectivity index (χ3v) is 2.70. The summed E-state index contributed by atoms with van der Waals surface area (Å²) in [4.78, 5) is 11.0. The molecule has 2 atom stereocenters. The molecule has 11 heavy (non-hydrogen) atoms. The molecule has 0 aromatic rings. The Kier molecular flexibility index (Phi) is 1.92. The number of methoxy groups -OCH3 is 1. The summed E-state index contributed by atoms with van der Waals surface area (Å²) in [5.41, 5.74) is -0.299. The Balaban J connectivity index is 2.59. The second-order valence-electron chi connectivity index (χ2n) is 3.65. The molecule has 1 fully saturated rings. The molecular formula is C8H14O3. The summed E-state index contributed by atoms with van der Waals surface area (Å²) in [5.74, 6) is -0.331. The maximum atomic E-state index is 11.0. The Bertz CT molecular complexity index is 174. The maximum absolute atomic E-state index is 11.0. The molecule has 0 aliphatic heterocycles. The second-order valence-corrected chi connectivity index (χ2v) is 3.65. The lowest BCUT2D eigenvalue weighted by Gasteiger charge is -2.47. The van der Waals surface area contributed by atoms with Crippen molar-refractivity contribution in [3.05, 3.63) is 0 Å². The van der Waals surface area contributed by atoms with Gasteiger partial charge in [-0.15, -0.1) is 0 Å². The number of aliphatic hydroxyl groups excluding tert-OH is 1. The molecule has 0 heterocycles. The minimum Gasteiger partial charge on any atom is -0.469 e. The van der Waals surface area contributed by atoms with E-state index in [0.717, 1.165) is 0 Å². The van der Waals surface area contributed by atoms with Gasteiger partial charge in [-0.2, -0.15) is 0 Å². The topological polar surface area (TPSA) is 46.5 Å². The van der Waals surface area contributed by atoms with Crippen LogP contribution in [-0.4, -0.2) is 24.3 Å². The van der Waals surface area contributed by atoms with Gasteiger partial charge in [0.2, 0.25) is 0 Å². The Hall–Kier alpha value is -0.570. The first-order valence-corrected chi connectivity index (χ1v) is 3.76. The van der Waals surface area contributed by atoms with Crippen molar-refractivity contribution in [2.45, 2.75) is 26.4 Å². The number of ether oxygens (including phenoxy) is 1. The monoisotopic (exact) mass is 158 g/mol. The lowest BCUT2D eigenvalue weighted by molar-refractivity contribution is -0.171. The lowest BCUT2D eigenvalue weighted by atomic mass is 9.60. The summed E-state index contributed by atoms with van der Waals surface area (Å²) in [7, 11) is 1.38. The molecule has 1 N–H and O–H groups in total. The van der Waals surface area contributed by atoms with E-state index in [9.17, 15) is 9.90 Å². The Morgan fingerprint density at radius 1 is 1.64 bits per heavy atom. The van der Waals surface area contributed by atoms with Crippen molar-refractivity contribution in [2.75, 3.05) is 7.11 Å². The zero-order valence-electron chi connectivity index (χ0n) is 7.13. The van der Waals surface area contributed by atoms with Gasteiger partial charge in [-0.05, 0) is 6.42 Å². The first-order valence-electron chi connectivity index (χ1n) is 3.76. The van der Waals surface area contributed by atoms with Gasteiger partial charge in [-0.25, -0.2) is 0 Å². The molecule has 1 aliphatic carbocycles. The van der Waals surface area contributed by atoms with Crippen LogP contribution in [0.25, 0.3) is 0 Å². The highest BCUT2D eigenvalue weighted by Gasteiger charge is 2.51. The summed E-state index contributed by atoms with van der Waals surface area (Å²) >= 11 is 0. The van der Waals surface area contributed by atoms with Crippen LogP contribution in [0.1, 0.15) is 20.3 Å². The normalized spacial score (nSPS) is 34.2. The highest BCUT2D eigenvalue weighted by Crippen LogP contribution is 2.46.